The number of likely N-dealkylation sites (tertiary alicyclic amines) is 1. The van der Waals surface area contributed by atoms with Crippen LogP contribution < -0.4 is 0 Å². The van der Waals surface area contributed by atoms with Gasteiger partial charge in [0, 0.05) is 18.4 Å². The number of hydrogen-bond donors (Lipinski definition) is 0. The minimum atomic E-state index is -0.705. The van der Waals surface area contributed by atoms with Crippen molar-refractivity contribution in [3.8, 4) is 0 Å². The maximum absolute atomic E-state index is 12.5. The zero-order valence-corrected chi connectivity index (χ0v) is 15.6. The lowest BCUT2D eigenvalue weighted by molar-refractivity contribution is -0.150. The van der Waals surface area contributed by atoms with Crippen LogP contribution in [-0.4, -0.2) is 35.0 Å². The molecule has 0 spiro atoms. The highest BCUT2D eigenvalue weighted by Crippen LogP contribution is 2.24. The van der Waals surface area contributed by atoms with Gasteiger partial charge in [0.05, 0.1) is 6.04 Å². The van der Waals surface area contributed by atoms with Crippen LogP contribution in [0, 0.1) is 5.41 Å². The van der Waals surface area contributed by atoms with Crippen molar-refractivity contribution in [2.45, 2.75) is 65.3 Å². The second kappa shape index (κ2) is 8.41. The predicted octanol–water partition coefficient (Wildman–Crippen LogP) is 3.57. The molecule has 1 aliphatic rings. The van der Waals surface area contributed by atoms with Crippen LogP contribution in [0.2, 0.25) is 0 Å². The largest absolute Gasteiger partial charge is 0.326 e. The molecule has 1 aromatic carbocycles. The lowest BCUT2D eigenvalue weighted by Crippen LogP contribution is -2.46. The summed E-state index contributed by atoms with van der Waals surface area (Å²) in [4.78, 5) is 38.7. The molecule has 0 radical (unpaired) electrons. The molecule has 1 unspecified atom stereocenters. The number of hydrogen-bond acceptors (Lipinski definition) is 3. The van der Waals surface area contributed by atoms with Crippen LogP contribution in [0.5, 0.6) is 0 Å². The average molecular weight is 343 g/mol. The fourth-order valence-corrected chi connectivity index (χ4v) is 3.24. The number of rotatable bonds is 7. The zero-order valence-electron chi connectivity index (χ0n) is 15.6. The van der Waals surface area contributed by atoms with Crippen molar-refractivity contribution in [1.29, 1.82) is 0 Å². The minimum Gasteiger partial charge on any atom is -0.326 e. The first kappa shape index (κ1) is 19.4. The molecule has 0 bridgehead atoms. The molecule has 1 aromatic rings. The molecule has 0 saturated carbocycles. The van der Waals surface area contributed by atoms with Crippen molar-refractivity contribution in [2.75, 3.05) is 6.54 Å². The van der Waals surface area contributed by atoms with E-state index < -0.39 is 23.1 Å². The van der Waals surface area contributed by atoms with Crippen LogP contribution >= 0.6 is 0 Å². The standard InChI is InChI=1S/C21H29NO3/c1-21(2,3)19(24)20(25)22-15-9-13-17(22)18(23)14-8-7-12-16-10-5-4-6-11-16/h4-6,10-11,17H,7-9,12-15H2,1-3H3. The summed E-state index contributed by atoms with van der Waals surface area (Å²) < 4.78 is 0. The molecule has 1 atom stereocenters. The summed E-state index contributed by atoms with van der Waals surface area (Å²) in [6.07, 6.45) is 4.69. The fraction of sp³-hybridized carbons (Fsp3) is 0.571. The third-order valence-corrected chi connectivity index (χ3v) is 4.74. The van der Waals surface area contributed by atoms with E-state index >= 15 is 0 Å². The maximum atomic E-state index is 12.5. The van der Waals surface area contributed by atoms with E-state index in [-0.39, 0.29) is 5.78 Å². The van der Waals surface area contributed by atoms with E-state index in [0.29, 0.717) is 19.4 Å². The molecule has 0 N–H and O–H groups in total. The Balaban J connectivity index is 1.83. The first-order valence-electron chi connectivity index (χ1n) is 9.23. The van der Waals surface area contributed by atoms with Crippen molar-refractivity contribution < 1.29 is 14.4 Å². The van der Waals surface area contributed by atoms with Gasteiger partial charge in [0.2, 0.25) is 5.78 Å². The van der Waals surface area contributed by atoms with Crippen molar-refractivity contribution in [3.05, 3.63) is 35.9 Å². The molecule has 1 saturated heterocycles. The van der Waals surface area contributed by atoms with E-state index in [4.69, 9.17) is 0 Å². The third kappa shape index (κ3) is 5.25. The fourth-order valence-electron chi connectivity index (χ4n) is 3.24. The van der Waals surface area contributed by atoms with E-state index in [9.17, 15) is 14.4 Å². The molecular weight excluding hydrogens is 314 g/mol. The Labute approximate surface area is 150 Å². The molecule has 2 rings (SSSR count). The Morgan fingerprint density at radius 2 is 1.76 bits per heavy atom. The Bertz CT molecular complexity index is 616. The number of benzene rings is 1. The molecule has 136 valence electrons. The number of aryl methyl sites for hydroxylation is 1. The summed E-state index contributed by atoms with van der Waals surface area (Å²) in [6, 6.07) is 9.82. The Kier molecular flexibility index (Phi) is 6.51. The maximum Gasteiger partial charge on any atom is 0.291 e. The molecule has 1 heterocycles. The smallest absolute Gasteiger partial charge is 0.291 e. The molecule has 0 aliphatic carbocycles. The Morgan fingerprint density at radius 1 is 1.08 bits per heavy atom. The third-order valence-electron chi connectivity index (χ3n) is 4.74. The molecular formula is C21H29NO3. The van der Waals surface area contributed by atoms with Crippen molar-refractivity contribution in [3.63, 3.8) is 0 Å². The highest BCUT2D eigenvalue weighted by atomic mass is 16.2. The number of nitrogens with zero attached hydrogens (tertiary/aromatic N) is 1. The van der Waals surface area contributed by atoms with E-state index in [1.165, 1.54) is 10.5 Å². The minimum absolute atomic E-state index is 0.0978. The van der Waals surface area contributed by atoms with Gasteiger partial charge in [-0.25, -0.2) is 0 Å². The number of carbonyl (C=O) groups excluding carboxylic acids is 3. The zero-order chi connectivity index (χ0) is 18.4. The first-order valence-corrected chi connectivity index (χ1v) is 9.23. The van der Waals surface area contributed by atoms with Gasteiger partial charge in [-0.15, -0.1) is 0 Å². The average Bonchev–Trinajstić information content (AvgIpc) is 3.07. The highest BCUT2D eigenvalue weighted by molar-refractivity contribution is 6.38. The normalized spacial score (nSPS) is 17.6. The van der Waals surface area contributed by atoms with Crippen LogP contribution in [0.1, 0.15) is 58.4 Å². The molecule has 1 fully saturated rings. The summed E-state index contributed by atoms with van der Waals surface area (Å²) in [5.74, 6) is -0.801. The molecule has 1 amide bonds. The highest BCUT2D eigenvalue weighted by Gasteiger charge is 2.39. The molecule has 0 aromatic heterocycles. The van der Waals surface area contributed by atoms with Gasteiger partial charge in [-0.3, -0.25) is 14.4 Å². The van der Waals surface area contributed by atoms with Gasteiger partial charge in [-0.2, -0.15) is 0 Å². The summed E-state index contributed by atoms with van der Waals surface area (Å²) in [5, 5.41) is 0. The van der Waals surface area contributed by atoms with Crippen molar-refractivity contribution >= 4 is 17.5 Å². The molecule has 4 nitrogen and oxygen atoms in total. The lowest BCUT2D eigenvalue weighted by atomic mass is 9.89. The summed E-state index contributed by atoms with van der Waals surface area (Å²) in [5.41, 5.74) is 0.576. The quantitative estimate of drug-likeness (QED) is 0.562. The Hall–Kier alpha value is -1.97. The monoisotopic (exact) mass is 343 g/mol. The number of amides is 1. The van der Waals surface area contributed by atoms with Gasteiger partial charge < -0.3 is 4.90 Å². The van der Waals surface area contributed by atoms with Crippen LogP contribution in [0.3, 0.4) is 0 Å². The first-order chi connectivity index (χ1) is 11.8. The second-order valence-electron chi connectivity index (χ2n) is 7.89. The number of unbranched alkanes of at least 4 members (excludes halogenated alkanes) is 1. The van der Waals surface area contributed by atoms with E-state index in [1.807, 2.05) is 18.2 Å². The second-order valence-corrected chi connectivity index (χ2v) is 7.89. The van der Waals surface area contributed by atoms with Crippen LogP contribution in [0.15, 0.2) is 30.3 Å². The SMILES string of the molecule is CC(C)(C)C(=O)C(=O)N1CCCC1C(=O)CCCCc1ccccc1. The molecule has 25 heavy (non-hydrogen) atoms. The van der Waals surface area contributed by atoms with Crippen molar-refractivity contribution in [2.24, 2.45) is 5.41 Å². The van der Waals surface area contributed by atoms with E-state index in [2.05, 4.69) is 12.1 Å². The number of Topliss-reactive ketones (excluding diaryl/α,β-unsaturated/α-hetero) is 2. The van der Waals surface area contributed by atoms with Gasteiger partial charge in [-0.1, -0.05) is 51.1 Å². The summed E-state index contributed by atoms with van der Waals surface area (Å²) in [6.45, 7) is 5.73. The van der Waals surface area contributed by atoms with Crippen LogP contribution in [0.4, 0.5) is 0 Å². The van der Waals surface area contributed by atoms with E-state index in [1.54, 1.807) is 20.8 Å². The van der Waals surface area contributed by atoms with Gasteiger partial charge in [0.15, 0.2) is 5.78 Å². The van der Waals surface area contributed by atoms with Crippen molar-refractivity contribution in [1.82, 2.24) is 4.90 Å². The topological polar surface area (TPSA) is 54.5 Å². The summed E-state index contributed by atoms with van der Waals surface area (Å²) in [7, 11) is 0. The van der Waals surface area contributed by atoms with E-state index in [0.717, 1.165) is 25.7 Å². The molecule has 1 aliphatic heterocycles. The van der Waals surface area contributed by atoms with Gasteiger partial charge >= 0.3 is 0 Å². The number of carbonyl (C=O) groups is 3. The van der Waals surface area contributed by atoms with Crippen LogP contribution in [-0.2, 0) is 20.8 Å². The number of ketones is 2. The molecule has 4 heteroatoms. The van der Waals surface area contributed by atoms with Crippen LogP contribution in [0.25, 0.3) is 0 Å². The van der Waals surface area contributed by atoms with Gasteiger partial charge in [0.25, 0.3) is 5.91 Å². The lowest BCUT2D eigenvalue weighted by Gasteiger charge is -2.26. The predicted molar refractivity (Wildman–Crippen MR) is 98.2 cm³/mol. The van der Waals surface area contributed by atoms with Gasteiger partial charge in [-0.05, 0) is 37.7 Å². The van der Waals surface area contributed by atoms with Gasteiger partial charge in [0.1, 0.15) is 0 Å². The Morgan fingerprint density at radius 3 is 2.40 bits per heavy atom. The summed E-state index contributed by atoms with van der Waals surface area (Å²) >= 11 is 0.